The van der Waals surface area contributed by atoms with Crippen molar-refractivity contribution in [2.45, 2.75) is 32.7 Å². The molecule has 0 spiro atoms. The van der Waals surface area contributed by atoms with Gasteiger partial charge in [0.2, 0.25) is 0 Å². The van der Waals surface area contributed by atoms with Crippen molar-refractivity contribution >= 4 is 16.7 Å². The van der Waals surface area contributed by atoms with E-state index in [4.69, 9.17) is 0 Å². The summed E-state index contributed by atoms with van der Waals surface area (Å²) < 4.78 is 0. The molecule has 3 rings (SSSR count). The van der Waals surface area contributed by atoms with E-state index in [2.05, 4.69) is 34.0 Å². The van der Waals surface area contributed by atoms with Gasteiger partial charge in [-0.15, -0.1) is 0 Å². The van der Waals surface area contributed by atoms with Crippen LogP contribution < -0.4 is 11.0 Å². The van der Waals surface area contributed by atoms with Gasteiger partial charge in [-0.2, -0.15) is 0 Å². The Morgan fingerprint density at radius 2 is 1.95 bits per heavy atom. The average molecular weight is 288 g/mol. The topological polar surface area (TPSA) is 63.9 Å². The fourth-order valence-electron chi connectivity index (χ4n) is 3.13. The minimum atomic E-state index is -0.149. The molecule has 114 valence electrons. The Morgan fingerprint density at radius 1 is 1.24 bits per heavy atom. The molecule has 0 unspecified atom stereocenters. The number of nitrogens with one attached hydrogen (secondary N) is 3. The van der Waals surface area contributed by atoms with Gasteiger partial charge in [-0.25, -0.2) is 4.79 Å². The fourth-order valence-corrected chi connectivity index (χ4v) is 3.13. The van der Waals surface area contributed by atoms with Gasteiger partial charge >= 0.3 is 5.69 Å². The maximum absolute atomic E-state index is 11.3. The Bertz CT molecular complexity index is 650. The van der Waals surface area contributed by atoms with Gasteiger partial charge in [-0.05, 0) is 37.0 Å². The molecular formula is C16H24N4O. The van der Waals surface area contributed by atoms with Gasteiger partial charge in [0.15, 0.2) is 0 Å². The van der Waals surface area contributed by atoms with Crippen LogP contribution in [0.3, 0.4) is 0 Å². The highest BCUT2D eigenvalue weighted by Crippen LogP contribution is 2.20. The highest BCUT2D eigenvalue weighted by molar-refractivity contribution is 5.78. The van der Waals surface area contributed by atoms with Crippen LogP contribution in [-0.2, 0) is 0 Å². The van der Waals surface area contributed by atoms with Gasteiger partial charge in [0.1, 0.15) is 0 Å². The largest absolute Gasteiger partial charge is 0.382 e. The van der Waals surface area contributed by atoms with Gasteiger partial charge < -0.3 is 20.2 Å². The lowest BCUT2D eigenvalue weighted by molar-refractivity contribution is 0.198. The first-order chi connectivity index (χ1) is 10.1. The normalized spacial score (nSPS) is 17.7. The van der Waals surface area contributed by atoms with E-state index in [-0.39, 0.29) is 5.69 Å². The average Bonchev–Trinajstić information content (AvgIpc) is 2.80. The number of hydrogen-bond donors (Lipinski definition) is 3. The lowest BCUT2D eigenvalue weighted by Crippen LogP contribution is -2.40. The zero-order valence-corrected chi connectivity index (χ0v) is 12.8. The van der Waals surface area contributed by atoms with Crippen molar-refractivity contribution in [3.05, 3.63) is 28.7 Å². The predicted octanol–water partition coefficient (Wildman–Crippen LogP) is 2.39. The highest BCUT2D eigenvalue weighted by Gasteiger charge is 2.19. The number of aromatic amines is 2. The fraction of sp³-hybridized carbons (Fsp3) is 0.562. The molecule has 2 aromatic rings. The van der Waals surface area contributed by atoms with Crippen LogP contribution in [0.15, 0.2) is 23.0 Å². The molecule has 1 aliphatic heterocycles. The molecule has 1 fully saturated rings. The number of piperidine rings is 1. The van der Waals surface area contributed by atoms with E-state index in [1.165, 1.54) is 32.5 Å². The van der Waals surface area contributed by atoms with Crippen LogP contribution in [0.4, 0.5) is 5.69 Å². The summed E-state index contributed by atoms with van der Waals surface area (Å²) in [7, 11) is 0. The van der Waals surface area contributed by atoms with Crippen molar-refractivity contribution in [2.24, 2.45) is 5.92 Å². The summed E-state index contributed by atoms with van der Waals surface area (Å²) in [5.74, 6) is 0.738. The van der Waals surface area contributed by atoms with Gasteiger partial charge in [0, 0.05) is 31.4 Å². The molecule has 0 atom stereocenters. The standard InChI is InChI=1S/C16H24N4O/c1-11(2)10-20-7-5-12(6-8-20)17-13-3-4-14-15(9-13)19-16(21)18-14/h3-4,9,11-12,17H,5-8,10H2,1-2H3,(H2,18,19,21). The molecule has 1 aromatic carbocycles. The summed E-state index contributed by atoms with van der Waals surface area (Å²) in [5, 5.41) is 3.59. The second-order valence-electron chi connectivity index (χ2n) is 6.45. The Balaban J connectivity index is 1.60. The third kappa shape index (κ3) is 3.47. The van der Waals surface area contributed by atoms with Gasteiger partial charge in [-0.1, -0.05) is 13.8 Å². The zero-order chi connectivity index (χ0) is 14.8. The van der Waals surface area contributed by atoms with Crippen molar-refractivity contribution < 1.29 is 0 Å². The molecule has 3 N–H and O–H groups in total. The van der Waals surface area contributed by atoms with Crippen molar-refractivity contribution in [2.75, 3.05) is 25.0 Å². The minimum absolute atomic E-state index is 0.149. The van der Waals surface area contributed by atoms with E-state index in [9.17, 15) is 4.79 Å². The quantitative estimate of drug-likeness (QED) is 0.809. The number of nitrogens with zero attached hydrogens (tertiary/aromatic N) is 1. The molecule has 1 saturated heterocycles. The molecule has 0 bridgehead atoms. The van der Waals surface area contributed by atoms with E-state index in [1.54, 1.807) is 0 Å². The van der Waals surface area contributed by atoms with E-state index < -0.39 is 0 Å². The number of benzene rings is 1. The number of hydrogen-bond acceptors (Lipinski definition) is 3. The van der Waals surface area contributed by atoms with Crippen LogP contribution in [0.25, 0.3) is 11.0 Å². The molecule has 2 heterocycles. The molecule has 1 aliphatic rings. The maximum atomic E-state index is 11.3. The monoisotopic (exact) mass is 288 g/mol. The van der Waals surface area contributed by atoms with Gasteiger partial charge in [0.05, 0.1) is 11.0 Å². The van der Waals surface area contributed by atoms with Crippen LogP contribution in [-0.4, -0.2) is 40.5 Å². The third-order valence-corrected chi connectivity index (χ3v) is 4.10. The molecule has 1 aromatic heterocycles. The molecule has 0 aliphatic carbocycles. The van der Waals surface area contributed by atoms with Crippen molar-refractivity contribution in [1.82, 2.24) is 14.9 Å². The van der Waals surface area contributed by atoms with Gasteiger partial charge in [0.25, 0.3) is 0 Å². The number of rotatable bonds is 4. The Morgan fingerprint density at radius 3 is 2.67 bits per heavy atom. The molecule has 0 amide bonds. The van der Waals surface area contributed by atoms with E-state index in [0.29, 0.717) is 6.04 Å². The number of fused-ring (bicyclic) bond motifs is 1. The molecule has 0 saturated carbocycles. The maximum Gasteiger partial charge on any atom is 0.323 e. The lowest BCUT2D eigenvalue weighted by Gasteiger charge is -2.33. The van der Waals surface area contributed by atoms with E-state index in [1.807, 2.05) is 18.2 Å². The van der Waals surface area contributed by atoms with Crippen molar-refractivity contribution in [3.8, 4) is 0 Å². The molecule has 0 radical (unpaired) electrons. The SMILES string of the molecule is CC(C)CN1CCC(Nc2ccc3[nH]c(=O)[nH]c3c2)CC1. The third-order valence-electron chi connectivity index (χ3n) is 4.10. The summed E-state index contributed by atoms with van der Waals surface area (Å²) in [4.78, 5) is 19.4. The number of likely N-dealkylation sites (tertiary alicyclic amines) is 1. The van der Waals surface area contributed by atoms with Crippen molar-refractivity contribution in [3.63, 3.8) is 0 Å². The van der Waals surface area contributed by atoms with Gasteiger partial charge in [-0.3, -0.25) is 0 Å². The lowest BCUT2D eigenvalue weighted by atomic mass is 10.0. The summed E-state index contributed by atoms with van der Waals surface area (Å²) in [5.41, 5.74) is 2.66. The Labute approximate surface area is 124 Å². The summed E-state index contributed by atoms with van der Waals surface area (Å²) >= 11 is 0. The van der Waals surface area contributed by atoms with E-state index in [0.717, 1.165) is 22.6 Å². The number of anilines is 1. The van der Waals surface area contributed by atoms with Crippen LogP contribution in [0.1, 0.15) is 26.7 Å². The Kier molecular flexibility index (Phi) is 4.01. The first-order valence-electron chi connectivity index (χ1n) is 7.81. The number of H-pyrrole nitrogens is 2. The second kappa shape index (κ2) is 5.93. The highest BCUT2D eigenvalue weighted by atomic mass is 16.1. The van der Waals surface area contributed by atoms with Crippen LogP contribution in [0.5, 0.6) is 0 Å². The Hall–Kier alpha value is -1.75. The minimum Gasteiger partial charge on any atom is -0.382 e. The van der Waals surface area contributed by atoms with Crippen molar-refractivity contribution in [1.29, 1.82) is 0 Å². The van der Waals surface area contributed by atoms with Crippen LogP contribution >= 0.6 is 0 Å². The summed E-state index contributed by atoms with van der Waals surface area (Å²) in [6.45, 7) is 8.08. The molecule has 5 nitrogen and oxygen atoms in total. The first kappa shape index (κ1) is 14.2. The van der Waals surface area contributed by atoms with Crippen LogP contribution in [0, 0.1) is 5.92 Å². The molecule has 21 heavy (non-hydrogen) atoms. The predicted molar refractivity (Wildman–Crippen MR) is 86.8 cm³/mol. The van der Waals surface area contributed by atoms with Crippen LogP contribution in [0.2, 0.25) is 0 Å². The zero-order valence-electron chi connectivity index (χ0n) is 12.8. The molecule has 5 heteroatoms. The first-order valence-corrected chi connectivity index (χ1v) is 7.81. The molecular weight excluding hydrogens is 264 g/mol. The summed E-state index contributed by atoms with van der Waals surface area (Å²) in [6.07, 6.45) is 2.35. The van der Waals surface area contributed by atoms with E-state index >= 15 is 0 Å². The number of aromatic nitrogens is 2. The number of imidazole rings is 1. The summed E-state index contributed by atoms with van der Waals surface area (Å²) in [6, 6.07) is 6.51. The second-order valence-corrected chi connectivity index (χ2v) is 6.45. The smallest absolute Gasteiger partial charge is 0.323 e.